The summed E-state index contributed by atoms with van der Waals surface area (Å²) < 4.78 is 0. The van der Waals surface area contributed by atoms with E-state index in [-0.39, 0.29) is 19.0 Å². The molecule has 2 aromatic carbocycles. The van der Waals surface area contributed by atoms with E-state index in [0.717, 1.165) is 5.16 Å². The Kier molecular flexibility index (Phi) is 7.54. The monoisotopic (exact) mass is 312 g/mol. The molecule has 0 fully saturated rings. The van der Waals surface area contributed by atoms with Crippen LogP contribution in [0.1, 0.15) is 39.0 Å². The van der Waals surface area contributed by atoms with Crippen molar-refractivity contribution in [3.05, 3.63) is 60.7 Å². The molecule has 0 spiro atoms. The first-order valence-corrected chi connectivity index (χ1v) is 11.5. The molecule has 0 atom stereocenters. The maximum atomic E-state index is 2.35. The zero-order valence-corrected chi connectivity index (χ0v) is 16.1. The second-order valence-electron chi connectivity index (χ2n) is 6.09. The molecule has 0 aromatic heterocycles. The van der Waals surface area contributed by atoms with Gasteiger partial charge in [0.25, 0.3) is 0 Å². The number of unbranched alkanes of at least 4 members (excludes halogenated alkanes) is 3. The summed E-state index contributed by atoms with van der Waals surface area (Å²) in [5.41, 5.74) is 0. The van der Waals surface area contributed by atoms with Crippen molar-refractivity contribution >= 4 is 29.4 Å². The van der Waals surface area contributed by atoms with Crippen molar-refractivity contribution in [2.75, 3.05) is 0 Å². The van der Waals surface area contributed by atoms with Gasteiger partial charge < -0.3 is 0 Å². The molecule has 21 heavy (non-hydrogen) atoms. The fraction of sp³-hybridized carbons (Fsp3) is 0.368. The first-order valence-electron chi connectivity index (χ1n) is 8.46. The lowest BCUT2D eigenvalue weighted by Crippen LogP contribution is -2.29. The molecule has 0 aliphatic rings. The summed E-state index contributed by atoms with van der Waals surface area (Å²) >= 11 is 0. The van der Waals surface area contributed by atoms with Crippen molar-refractivity contribution in [3.63, 3.8) is 0 Å². The summed E-state index contributed by atoms with van der Waals surface area (Å²) in [6.45, 7) is 2.30. The average Bonchev–Trinajstić information content (AvgIpc) is 2.53. The van der Waals surface area contributed by atoms with Crippen LogP contribution in [0.3, 0.4) is 0 Å². The Morgan fingerprint density at radius 3 is 1.71 bits per heavy atom. The number of hydrogen-bond acceptors (Lipinski definition) is 0. The number of benzene rings is 2. The molecule has 0 aliphatic heterocycles. The van der Waals surface area contributed by atoms with Gasteiger partial charge in [0.1, 0.15) is 0 Å². The van der Waals surface area contributed by atoms with Gasteiger partial charge in [-0.1, -0.05) is 115 Å². The van der Waals surface area contributed by atoms with E-state index in [1.807, 2.05) is 0 Å². The van der Waals surface area contributed by atoms with Crippen molar-refractivity contribution in [3.8, 4) is 0 Å². The van der Waals surface area contributed by atoms with Crippen molar-refractivity contribution in [2.24, 2.45) is 0 Å². The molecule has 0 saturated carbocycles. The van der Waals surface area contributed by atoms with Crippen molar-refractivity contribution in [1.82, 2.24) is 0 Å². The van der Waals surface area contributed by atoms with Gasteiger partial charge in [-0.25, -0.2) is 0 Å². The van der Waals surface area contributed by atoms with Crippen LogP contribution in [0.2, 0.25) is 5.16 Å². The van der Waals surface area contributed by atoms with Crippen molar-refractivity contribution in [1.29, 1.82) is 0 Å². The largest absolute Gasteiger partial charge is 0.0669 e. The highest BCUT2D eigenvalue weighted by molar-refractivity contribution is 6.73. The van der Waals surface area contributed by atoms with Gasteiger partial charge in [-0.3, -0.25) is 0 Å². The molecule has 0 saturated heterocycles. The van der Waals surface area contributed by atoms with Gasteiger partial charge in [-0.15, -0.1) is 0 Å². The lowest BCUT2D eigenvalue weighted by molar-refractivity contribution is 0.646. The van der Waals surface area contributed by atoms with Crippen molar-refractivity contribution in [2.45, 2.75) is 44.2 Å². The third-order valence-electron chi connectivity index (χ3n) is 4.20. The van der Waals surface area contributed by atoms with Crippen LogP contribution in [0, 0.1) is 0 Å². The maximum Gasteiger partial charge on any atom is 0.0550 e. The zero-order valence-electron chi connectivity index (χ0n) is 13.3. The molecule has 0 unspecified atom stereocenters. The maximum absolute atomic E-state index is 2.35. The molecule has 0 amide bonds. The second-order valence-corrected chi connectivity index (χ2v) is 12.0. The molecule has 0 bridgehead atoms. The predicted molar refractivity (Wildman–Crippen MR) is 102 cm³/mol. The molecule has 2 aromatic rings. The molecular weight excluding hydrogens is 284 g/mol. The summed E-state index contributed by atoms with van der Waals surface area (Å²) in [6.07, 6.45) is 7.10. The fourth-order valence-corrected chi connectivity index (χ4v) is 9.02. The highest BCUT2D eigenvalue weighted by Crippen LogP contribution is 2.14. The van der Waals surface area contributed by atoms with E-state index in [0.29, 0.717) is 0 Å². The second kappa shape index (κ2) is 9.75. The molecule has 112 valence electrons. The van der Waals surface area contributed by atoms with Crippen LogP contribution < -0.4 is 10.4 Å². The Morgan fingerprint density at radius 2 is 1.24 bits per heavy atom. The minimum Gasteiger partial charge on any atom is -0.0669 e. The van der Waals surface area contributed by atoms with Gasteiger partial charge in [-0.2, -0.15) is 0 Å². The molecule has 2 rings (SSSR count). The Morgan fingerprint density at radius 1 is 0.714 bits per heavy atom. The van der Waals surface area contributed by atoms with Gasteiger partial charge in [0.15, 0.2) is 0 Å². The van der Waals surface area contributed by atoms with Crippen LogP contribution in [0.5, 0.6) is 0 Å². The minimum atomic E-state index is -0.114. The highest BCUT2D eigenvalue weighted by atomic mass is 28.3. The van der Waals surface area contributed by atoms with E-state index in [4.69, 9.17) is 0 Å². The SMILES string of the molecule is CCCCCCC([SiH2]c1ccccc1)[SiH2]c1ccccc1. The molecule has 0 heterocycles. The Bertz CT molecular complexity index is 440. The van der Waals surface area contributed by atoms with Crippen LogP contribution in [0.4, 0.5) is 0 Å². The normalized spacial score (nSPS) is 13.4. The Labute approximate surface area is 134 Å². The topological polar surface area (TPSA) is 0 Å². The van der Waals surface area contributed by atoms with Gasteiger partial charge >= 0.3 is 0 Å². The molecule has 0 aliphatic carbocycles. The smallest absolute Gasteiger partial charge is 0.0550 e. The predicted octanol–water partition coefficient (Wildman–Crippen LogP) is 2.69. The van der Waals surface area contributed by atoms with Crippen LogP contribution in [0.15, 0.2) is 60.7 Å². The number of hydrogen-bond donors (Lipinski definition) is 0. The highest BCUT2D eigenvalue weighted by Gasteiger charge is 2.12. The van der Waals surface area contributed by atoms with Gasteiger partial charge in [0.2, 0.25) is 0 Å². The van der Waals surface area contributed by atoms with Crippen LogP contribution in [0.25, 0.3) is 0 Å². The van der Waals surface area contributed by atoms with E-state index < -0.39 is 0 Å². The molecule has 2 heteroatoms. The molecule has 0 nitrogen and oxygen atoms in total. The standard InChI is InChI=1S/C19H28Si2/c1-2-3-4-11-16-19(20-17-12-7-5-8-13-17)21-18-14-9-6-10-15-18/h5-10,12-15,19H,2-4,11,16,20-21H2,1H3. The van der Waals surface area contributed by atoms with Gasteiger partial charge in [-0.05, 0) is 0 Å². The molecule has 0 radical (unpaired) electrons. The summed E-state index contributed by atoms with van der Waals surface area (Å²) in [6, 6.07) is 22.5. The third-order valence-corrected chi connectivity index (χ3v) is 9.79. The summed E-state index contributed by atoms with van der Waals surface area (Å²) in [7, 11) is -0.228. The summed E-state index contributed by atoms with van der Waals surface area (Å²) in [5.74, 6) is 0. The zero-order chi connectivity index (χ0) is 14.8. The van der Waals surface area contributed by atoms with Crippen LogP contribution >= 0.6 is 0 Å². The van der Waals surface area contributed by atoms with E-state index in [9.17, 15) is 0 Å². The number of rotatable bonds is 9. The lowest BCUT2D eigenvalue weighted by Gasteiger charge is -2.16. The molecular formula is C19H28Si2. The third kappa shape index (κ3) is 6.45. The van der Waals surface area contributed by atoms with Crippen LogP contribution in [-0.2, 0) is 0 Å². The van der Waals surface area contributed by atoms with E-state index >= 15 is 0 Å². The quantitative estimate of drug-likeness (QED) is 0.493. The summed E-state index contributed by atoms with van der Waals surface area (Å²) in [4.78, 5) is 0. The Hall–Kier alpha value is -1.13. The van der Waals surface area contributed by atoms with Crippen LogP contribution in [-0.4, -0.2) is 19.0 Å². The lowest BCUT2D eigenvalue weighted by atomic mass is 10.2. The van der Waals surface area contributed by atoms with Crippen molar-refractivity contribution < 1.29 is 0 Å². The van der Waals surface area contributed by atoms with Gasteiger partial charge in [0, 0.05) is 0 Å². The average molecular weight is 313 g/mol. The first-order chi connectivity index (χ1) is 10.4. The Balaban J connectivity index is 1.93. The van der Waals surface area contributed by atoms with Gasteiger partial charge in [0.05, 0.1) is 19.0 Å². The van der Waals surface area contributed by atoms with E-state index in [2.05, 4.69) is 67.6 Å². The fourth-order valence-electron chi connectivity index (χ4n) is 3.03. The first kappa shape index (κ1) is 16.2. The summed E-state index contributed by atoms with van der Waals surface area (Å²) in [5, 5.41) is 4.36. The minimum absolute atomic E-state index is 0.114. The van der Waals surface area contributed by atoms with E-state index in [1.165, 1.54) is 32.1 Å². The van der Waals surface area contributed by atoms with E-state index in [1.54, 1.807) is 10.4 Å². The molecule has 0 N–H and O–H groups in total.